The predicted octanol–water partition coefficient (Wildman–Crippen LogP) is 3.48. The summed E-state index contributed by atoms with van der Waals surface area (Å²) in [5.74, 6) is 0.634. The fraction of sp³-hybridized carbons (Fsp3) is 0.417. The summed E-state index contributed by atoms with van der Waals surface area (Å²) in [7, 11) is 0. The number of rotatable bonds is 1. The molecule has 1 heterocycles. The van der Waals surface area contributed by atoms with Crippen LogP contribution in [0.1, 0.15) is 23.7 Å². The molecule has 0 radical (unpaired) electrons. The zero-order chi connectivity index (χ0) is 11.7. The van der Waals surface area contributed by atoms with Crippen molar-refractivity contribution in [1.29, 1.82) is 0 Å². The highest BCUT2D eigenvalue weighted by molar-refractivity contribution is 6.42. The van der Waals surface area contributed by atoms with Crippen LogP contribution in [0.3, 0.4) is 0 Å². The van der Waals surface area contributed by atoms with E-state index in [0.717, 1.165) is 19.5 Å². The molecule has 0 N–H and O–H groups in total. The monoisotopic (exact) mass is 257 g/mol. The van der Waals surface area contributed by atoms with Crippen LogP contribution in [-0.2, 0) is 0 Å². The summed E-state index contributed by atoms with van der Waals surface area (Å²) in [6, 6.07) is 5.02. The molecule has 1 saturated heterocycles. The molecule has 0 saturated carbocycles. The molecule has 1 aliphatic rings. The molecule has 2 nitrogen and oxygen atoms in total. The van der Waals surface area contributed by atoms with E-state index in [1.165, 1.54) is 0 Å². The second-order valence-corrected chi connectivity index (χ2v) is 5.09. The predicted molar refractivity (Wildman–Crippen MR) is 66.1 cm³/mol. The van der Waals surface area contributed by atoms with Gasteiger partial charge >= 0.3 is 0 Å². The normalized spacial score (nSPS) is 20.2. The van der Waals surface area contributed by atoms with Crippen LogP contribution < -0.4 is 0 Å². The lowest BCUT2D eigenvalue weighted by Gasteiger charge is -2.16. The smallest absolute Gasteiger partial charge is 0.253 e. The topological polar surface area (TPSA) is 20.3 Å². The van der Waals surface area contributed by atoms with Crippen LogP contribution in [0, 0.1) is 5.92 Å². The number of carbonyl (C=O) groups is 1. The first-order valence-corrected chi connectivity index (χ1v) is 6.08. The Morgan fingerprint density at radius 2 is 2.12 bits per heavy atom. The van der Waals surface area contributed by atoms with Crippen LogP contribution in [0.25, 0.3) is 0 Å². The number of benzene rings is 1. The number of nitrogens with zero attached hydrogens (tertiary/aromatic N) is 1. The Labute approximate surface area is 105 Å². The maximum absolute atomic E-state index is 12.1. The van der Waals surface area contributed by atoms with Crippen molar-refractivity contribution in [2.24, 2.45) is 5.92 Å². The molecule has 0 bridgehead atoms. The Hall–Kier alpha value is -0.730. The van der Waals surface area contributed by atoms with E-state index in [4.69, 9.17) is 23.2 Å². The fourth-order valence-corrected chi connectivity index (χ4v) is 2.23. The highest BCUT2D eigenvalue weighted by atomic mass is 35.5. The third-order valence-corrected chi connectivity index (χ3v) is 3.62. The van der Waals surface area contributed by atoms with E-state index >= 15 is 0 Å². The van der Waals surface area contributed by atoms with Crippen molar-refractivity contribution >= 4 is 29.1 Å². The van der Waals surface area contributed by atoms with E-state index in [0.29, 0.717) is 21.5 Å². The first-order valence-electron chi connectivity index (χ1n) is 5.32. The van der Waals surface area contributed by atoms with Crippen LogP contribution in [-0.4, -0.2) is 23.9 Å². The van der Waals surface area contributed by atoms with Crippen LogP contribution >= 0.6 is 23.2 Å². The Kier molecular flexibility index (Phi) is 3.41. The summed E-state index contributed by atoms with van der Waals surface area (Å²) in [6.07, 6.45) is 1.08. The van der Waals surface area contributed by atoms with Crippen molar-refractivity contribution in [3.8, 4) is 0 Å². The number of amides is 1. The number of halogens is 2. The molecule has 0 aromatic heterocycles. The van der Waals surface area contributed by atoms with Crippen molar-refractivity contribution in [1.82, 2.24) is 4.90 Å². The lowest BCUT2D eigenvalue weighted by atomic mass is 10.2. The van der Waals surface area contributed by atoms with Crippen molar-refractivity contribution in [2.75, 3.05) is 13.1 Å². The van der Waals surface area contributed by atoms with E-state index < -0.39 is 0 Å². The molecule has 0 aliphatic carbocycles. The minimum Gasteiger partial charge on any atom is -0.338 e. The third kappa shape index (κ3) is 2.33. The average molecular weight is 258 g/mol. The Balaban J connectivity index is 2.18. The van der Waals surface area contributed by atoms with Crippen molar-refractivity contribution in [3.63, 3.8) is 0 Å². The summed E-state index contributed by atoms with van der Waals surface area (Å²) >= 11 is 11.7. The van der Waals surface area contributed by atoms with Gasteiger partial charge in [0.15, 0.2) is 0 Å². The van der Waals surface area contributed by atoms with E-state index in [1.54, 1.807) is 18.2 Å². The van der Waals surface area contributed by atoms with Gasteiger partial charge < -0.3 is 4.90 Å². The molecule has 2 rings (SSSR count). The highest BCUT2D eigenvalue weighted by Crippen LogP contribution is 2.24. The average Bonchev–Trinajstić information content (AvgIpc) is 2.68. The number of hydrogen-bond donors (Lipinski definition) is 0. The molecular formula is C12H13Cl2NO. The molecule has 1 aromatic carbocycles. The third-order valence-electron chi connectivity index (χ3n) is 2.88. The summed E-state index contributed by atoms with van der Waals surface area (Å²) in [5, 5.41) is 0.910. The van der Waals surface area contributed by atoms with Gasteiger partial charge in [0, 0.05) is 18.7 Å². The largest absolute Gasteiger partial charge is 0.338 e. The molecular weight excluding hydrogens is 245 g/mol. The lowest BCUT2D eigenvalue weighted by molar-refractivity contribution is 0.0788. The minimum absolute atomic E-state index is 0.0444. The number of carbonyl (C=O) groups excluding carboxylic acids is 1. The van der Waals surface area contributed by atoms with Crippen LogP contribution in [0.4, 0.5) is 0 Å². The van der Waals surface area contributed by atoms with Gasteiger partial charge in [0.05, 0.1) is 10.0 Å². The van der Waals surface area contributed by atoms with Crippen LogP contribution in [0.2, 0.25) is 10.0 Å². The molecule has 4 heteroatoms. The van der Waals surface area contributed by atoms with Gasteiger partial charge in [-0.15, -0.1) is 0 Å². The first-order chi connectivity index (χ1) is 7.58. The van der Waals surface area contributed by atoms with Crippen LogP contribution in [0.15, 0.2) is 18.2 Å². The van der Waals surface area contributed by atoms with Crippen molar-refractivity contribution in [2.45, 2.75) is 13.3 Å². The molecule has 1 atom stereocenters. The number of hydrogen-bond acceptors (Lipinski definition) is 1. The molecule has 86 valence electrons. The molecule has 1 aliphatic heterocycles. The zero-order valence-electron chi connectivity index (χ0n) is 9.04. The van der Waals surface area contributed by atoms with Gasteiger partial charge in [-0.2, -0.15) is 0 Å². The Morgan fingerprint density at radius 3 is 2.69 bits per heavy atom. The van der Waals surface area contributed by atoms with E-state index in [2.05, 4.69) is 6.92 Å². The van der Waals surface area contributed by atoms with Gasteiger partial charge in [-0.25, -0.2) is 0 Å². The zero-order valence-corrected chi connectivity index (χ0v) is 10.6. The SMILES string of the molecule is CC1CCN(C(=O)c2ccc(Cl)c(Cl)c2)C1. The maximum Gasteiger partial charge on any atom is 0.253 e. The quantitative estimate of drug-likeness (QED) is 0.755. The highest BCUT2D eigenvalue weighted by Gasteiger charge is 2.24. The minimum atomic E-state index is 0.0444. The van der Waals surface area contributed by atoms with Crippen molar-refractivity contribution in [3.05, 3.63) is 33.8 Å². The summed E-state index contributed by atoms with van der Waals surface area (Å²) in [5.41, 5.74) is 0.614. The van der Waals surface area contributed by atoms with E-state index in [9.17, 15) is 4.79 Å². The Morgan fingerprint density at radius 1 is 1.38 bits per heavy atom. The van der Waals surface area contributed by atoms with Crippen LogP contribution in [0.5, 0.6) is 0 Å². The molecule has 1 fully saturated rings. The summed E-state index contributed by atoms with van der Waals surface area (Å²) < 4.78 is 0. The summed E-state index contributed by atoms with van der Waals surface area (Å²) in [4.78, 5) is 13.9. The molecule has 1 amide bonds. The molecule has 1 aromatic rings. The van der Waals surface area contributed by atoms with Gasteiger partial charge in [0.25, 0.3) is 5.91 Å². The number of likely N-dealkylation sites (tertiary alicyclic amines) is 1. The van der Waals surface area contributed by atoms with Crippen molar-refractivity contribution < 1.29 is 4.79 Å². The fourth-order valence-electron chi connectivity index (χ4n) is 1.93. The first kappa shape index (κ1) is 11.7. The summed E-state index contributed by atoms with van der Waals surface area (Å²) in [6.45, 7) is 3.82. The molecule has 16 heavy (non-hydrogen) atoms. The standard InChI is InChI=1S/C12H13Cl2NO/c1-8-4-5-15(7-8)12(16)9-2-3-10(13)11(14)6-9/h2-3,6,8H,4-5,7H2,1H3. The second-order valence-electron chi connectivity index (χ2n) is 4.27. The van der Waals surface area contributed by atoms with Gasteiger partial charge in [0.1, 0.15) is 0 Å². The van der Waals surface area contributed by atoms with Gasteiger partial charge in [-0.3, -0.25) is 4.79 Å². The lowest BCUT2D eigenvalue weighted by Crippen LogP contribution is -2.28. The van der Waals surface area contributed by atoms with Gasteiger partial charge in [0.2, 0.25) is 0 Å². The molecule has 1 unspecified atom stereocenters. The second kappa shape index (κ2) is 4.64. The van der Waals surface area contributed by atoms with E-state index in [1.807, 2.05) is 4.90 Å². The van der Waals surface area contributed by atoms with Gasteiger partial charge in [-0.1, -0.05) is 30.1 Å². The van der Waals surface area contributed by atoms with E-state index in [-0.39, 0.29) is 5.91 Å². The van der Waals surface area contributed by atoms with Gasteiger partial charge in [-0.05, 0) is 30.5 Å². The Bertz CT molecular complexity index is 419. The molecule has 0 spiro atoms. The maximum atomic E-state index is 12.1.